The van der Waals surface area contributed by atoms with Crippen molar-refractivity contribution in [2.24, 2.45) is 0 Å². The molecule has 1 aliphatic heterocycles. The van der Waals surface area contributed by atoms with Gasteiger partial charge in [0.15, 0.2) is 0 Å². The summed E-state index contributed by atoms with van der Waals surface area (Å²) in [5.41, 5.74) is -0.255. The molecule has 0 aromatic heterocycles. The van der Waals surface area contributed by atoms with Crippen molar-refractivity contribution in [1.82, 2.24) is 5.32 Å². The average molecular weight is 213 g/mol. The summed E-state index contributed by atoms with van der Waals surface area (Å²) < 4.78 is 0. The monoisotopic (exact) mass is 213 g/mol. The number of hydrogen-bond donors (Lipinski definition) is 2. The van der Waals surface area contributed by atoms with Crippen molar-refractivity contribution in [1.29, 1.82) is 0 Å². The van der Waals surface area contributed by atoms with Crippen LogP contribution in [0.2, 0.25) is 0 Å². The Balaban J connectivity index is 2.56. The molecule has 1 aliphatic rings. The van der Waals surface area contributed by atoms with Crippen LogP contribution in [0.4, 0.5) is 0 Å². The van der Waals surface area contributed by atoms with E-state index in [0.717, 1.165) is 38.6 Å². The molecule has 0 radical (unpaired) electrons. The molecule has 0 spiro atoms. The highest BCUT2D eigenvalue weighted by Crippen LogP contribution is 2.33. The summed E-state index contributed by atoms with van der Waals surface area (Å²) >= 11 is 0. The van der Waals surface area contributed by atoms with Gasteiger partial charge in [-0.1, -0.05) is 26.7 Å². The first-order valence-electron chi connectivity index (χ1n) is 6.51. The van der Waals surface area contributed by atoms with E-state index in [9.17, 15) is 5.11 Å². The molecule has 1 fully saturated rings. The molecule has 0 amide bonds. The maximum atomic E-state index is 10.6. The molecule has 0 saturated carbocycles. The summed E-state index contributed by atoms with van der Waals surface area (Å²) in [5, 5.41) is 14.1. The lowest BCUT2D eigenvalue weighted by Crippen LogP contribution is -2.45. The average Bonchev–Trinajstić information content (AvgIpc) is 2.51. The van der Waals surface area contributed by atoms with Gasteiger partial charge in [-0.2, -0.15) is 0 Å². The second-order valence-corrected chi connectivity index (χ2v) is 5.49. The van der Waals surface area contributed by atoms with Crippen LogP contribution in [0.5, 0.6) is 0 Å². The van der Waals surface area contributed by atoms with Crippen LogP contribution in [0.1, 0.15) is 65.7 Å². The first-order chi connectivity index (χ1) is 7.04. The molecule has 2 N–H and O–H groups in total. The summed E-state index contributed by atoms with van der Waals surface area (Å²) in [6.45, 7) is 7.69. The fourth-order valence-electron chi connectivity index (χ4n) is 3.07. The van der Waals surface area contributed by atoms with Gasteiger partial charge >= 0.3 is 0 Å². The summed E-state index contributed by atoms with van der Waals surface area (Å²) in [6, 6.07) is 0. The van der Waals surface area contributed by atoms with E-state index in [1.807, 2.05) is 0 Å². The molecular formula is C13H27NO. The van der Waals surface area contributed by atoms with Gasteiger partial charge in [0, 0.05) is 5.54 Å². The Morgan fingerprint density at radius 1 is 1.27 bits per heavy atom. The molecule has 2 nitrogen and oxygen atoms in total. The lowest BCUT2D eigenvalue weighted by molar-refractivity contribution is -0.00820. The number of hydrogen-bond acceptors (Lipinski definition) is 2. The van der Waals surface area contributed by atoms with Crippen LogP contribution in [0, 0.1) is 0 Å². The summed E-state index contributed by atoms with van der Waals surface area (Å²) in [4.78, 5) is 0. The fourth-order valence-corrected chi connectivity index (χ4v) is 3.07. The van der Waals surface area contributed by atoms with Crippen LogP contribution in [0.3, 0.4) is 0 Å². The van der Waals surface area contributed by atoms with E-state index in [-0.39, 0.29) is 5.54 Å². The second-order valence-electron chi connectivity index (χ2n) is 5.49. The minimum absolute atomic E-state index is 0.180. The quantitative estimate of drug-likeness (QED) is 0.711. The van der Waals surface area contributed by atoms with Gasteiger partial charge in [-0.15, -0.1) is 0 Å². The van der Waals surface area contributed by atoms with E-state index in [4.69, 9.17) is 0 Å². The molecule has 90 valence electrons. The van der Waals surface area contributed by atoms with Crippen molar-refractivity contribution in [2.45, 2.75) is 76.9 Å². The van der Waals surface area contributed by atoms with Crippen molar-refractivity contribution in [3.8, 4) is 0 Å². The number of rotatable bonds is 6. The summed E-state index contributed by atoms with van der Waals surface area (Å²) in [5.74, 6) is 0. The smallest absolute Gasteiger partial charge is 0.0665 e. The molecule has 15 heavy (non-hydrogen) atoms. The van der Waals surface area contributed by atoms with Gasteiger partial charge in [-0.25, -0.2) is 0 Å². The molecule has 1 atom stereocenters. The zero-order chi connectivity index (χ0) is 11.4. The molecule has 1 heterocycles. The first kappa shape index (κ1) is 13.0. The predicted octanol–water partition coefficient (Wildman–Crippen LogP) is 2.85. The third-order valence-corrected chi connectivity index (χ3v) is 3.61. The van der Waals surface area contributed by atoms with Crippen molar-refractivity contribution < 1.29 is 5.11 Å². The van der Waals surface area contributed by atoms with Gasteiger partial charge in [-0.05, 0) is 45.6 Å². The maximum absolute atomic E-state index is 10.6. The Kier molecular flexibility index (Phi) is 4.60. The van der Waals surface area contributed by atoms with Crippen LogP contribution < -0.4 is 5.32 Å². The summed E-state index contributed by atoms with van der Waals surface area (Å²) in [6.07, 6.45) is 7.42. The van der Waals surface area contributed by atoms with Crippen molar-refractivity contribution in [3.63, 3.8) is 0 Å². The van der Waals surface area contributed by atoms with Crippen molar-refractivity contribution in [3.05, 3.63) is 0 Å². The van der Waals surface area contributed by atoms with Crippen molar-refractivity contribution >= 4 is 0 Å². The van der Waals surface area contributed by atoms with E-state index in [1.54, 1.807) is 0 Å². The first-order valence-corrected chi connectivity index (χ1v) is 6.51. The molecule has 0 aromatic rings. The topological polar surface area (TPSA) is 32.3 Å². The SMILES string of the molecule is CCCC(O)(CCC)CC1(C)CCCN1. The van der Waals surface area contributed by atoms with E-state index in [1.165, 1.54) is 12.8 Å². The Hall–Kier alpha value is -0.0800. The molecule has 1 rings (SSSR count). The summed E-state index contributed by atoms with van der Waals surface area (Å²) in [7, 11) is 0. The highest BCUT2D eigenvalue weighted by Gasteiger charge is 2.37. The van der Waals surface area contributed by atoms with Gasteiger partial charge < -0.3 is 10.4 Å². The van der Waals surface area contributed by atoms with Crippen LogP contribution in [-0.2, 0) is 0 Å². The zero-order valence-electron chi connectivity index (χ0n) is 10.6. The van der Waals surface area contributed by atoms with Gasteiger partial charge in [0.25, 0.3) is 0 Å². The van der Waals surface area contributed by atoms with Gasteiger partial charge in [0.2, 0.25) is 0 Å². The van der Waals surface area contributed by atoms with E-state index < -0.39 is 5.60 Å². The van der Waals surface area contributed by atoms with Crippen LogP contribution in [-0.4, -0.2) is 22.8 Å². The van der Waals surface area contributed by atoms with E-state index >= 15 is 0 Å². The lowest BCUT2D eigenvalue weighted by atomic mass is 9.79. The Labute approximate surface area is 94.5 Å². The van der Waals surface area contributed by atoms with E-state index in [0.29, 0.717) is 0 Å². The normalized spacial score (nSPS) is 27.2. The van der Waals surface area contributed by atoms with Crippen LogP contribution in [0.15, 0.2) is 0 Å². The molecular weight excluding hydrogens is 186 g/mol. The highest BCUT2D eigenvalue weighted by molar-refractivity contribution is 4.95. The third-order valence-electron chi connectivity index (χ3n) is 3.61. The number of nitrogens with one attached hydrogen (secondary N) is 1. The van der Waals surface area contributed by atoms with Crippen molar-refractivity contribution in [2.75, 3.05) is 6.54 Å². The van der Waals surface area contributed by atoms with Gasteiger partial charge in [0.1, 0.15) is 0 Å². The molecule has 1 unspecified atom stereocenters. The molecule has 0 bridgehead atoms. The highest BCUT2D eigenvalue weighted by atomic mass is 16.3. The third kappa shape index (κ3) is 3.76. The van der Waals surface area contributed by atoms with E-state index in [2.05, 4.69) is 26.1 Å². The zero-order valence-corrected chi connectivity index (χ0v) is 10.6. The Morgan fingerprint density at radius 2 is 1.87 bits per heavy atom. The standard InChI is InChI=1S/C13H27NO/c1-4-7-13(15,8-5-2)11-12(3)9-6-10-14-12/h14-15H,4-11H2,1-3H3. The number of aliphatic hydroxyl groups is 1. The minimum atomic E-state index is -0.435. The van der Waals surface area contributed by atoms with Crippen LogP contribution >= 0.6 is 0 Å². The van der Waals surface area contributed by atoms with Gasteiger partial charge in [0.05, 0.1) is 5.60 Å². The van der Waals surface area contributed by atoms with Crippen LogP contribution in [0.25, 0.3) is 0 Å². The van der Waals surface area contributed by atoms with Gasteiger partial charge in [-0.3, -0.25) is 0 Å². The minimum Gasteiger partial charge on any atom is -0.390 e. The lowest BCUT2D eigenvalue weighted by Gasteiger charge is -2.36. The molecule has 2 heteroatoms. The molecule has 0 aliphatic carbocycles. The fraction of sp³-hybridized carbons (Fsp3) is 1.00. The molecule has 1 saturated heterocycles. The second kappa shape index (κ2) is 5.31. The predicted molar refractivity (Wildman–Crippen MR) is 65.0 cm³/mol. The molecule has 0 aromatic carbocycles. The maximum Gasteiger partial charge on any atom is 0.0665 e. The Bertz CT molecular complexity index is 179. The largest absolute Gasteiger partial charge is 0.390 e. The Morgan fingerprint density at radius 3 is 2.27 bits per heavy atom.